The summed E-state index contributed by atoms with van der Waals surface area (Å²) in [5.74, 6) is 0.167. The number of halogens is 1. The average Bonchev–Trinajstić information content (AvgIpc) is 2.02. The number of carboxylic acid groups (broad SMARTS) is 1. The maximum Gasteiger partial charge on any atom is 0.327 e. The Morgan fingerprint density at radius 2 is 2.23 bits per heavy atom. The van der Waals surface area contributed by atoms with Gasteiger partial charge in [0.1, 0.15) is 6.04 Å². The first-order valence-corrected chi connectivity index (χ1v) is 5.40. The van der Waals surface area contributed by atoms with Gasteiger partial charge in [-0.25, -0.2) is 4.79 Å². The van der Waals surface area contributed by atoms with Crippen LogP contribution in [0.1, 0.15) is 6.92 Å². The third-order valence-electron chi connectivity index (χ3n) is 1.18. The molecule has 1 atom stereocenters. The van der Waals surface area contributed by atoms with Gasteiger partial charge in [-0.2, -0.15) is 11.8 Å². The van der Waals surface area contributed by atoms with E-state index in [1.165, 1.54) is 18.7 Å². The molecule has 1 amide bonds. The topological polar surface area (TPSA) is 66.4 Å². The summed E-state index contributed by atoms with van der Waals surface area (Å²) in [6.45, 7) is 1.29. The summed E-state index contributed by atoms with van der Waals surface area (Å²) in [5.41, 5.74) is 0. The smallest absolute Gasteiger partial charge is 0.327 e. The second-order valence-electron chi connectivity index (χ2n) is 2.36. The lowest BCUT2D eigenvalue weighted by atomic mass is 10.3. The maximum absolute atomic E-state index is 10.6. The molecule has 0 aromatic rings. The number of aliphatic carboxylic acids is 1. The zero-order valence-electron chi connectivity index (χ0n) is 7.25. The van der Waals surface area contributed by atoms with Crippen LogP contribution in [-0.2, 0) is 9.59 Å². The zero-order valence-corrected chi connectivity index (χ0v) is 8.82. The van der Waals surface area contributed by atoms with Gasteiger partial charge in [-0.1, -0.05) is 0 Å². The predicted molar refractivity (Wildman–Crippen MR) is 53.3 cm³/mol. The van der Waals surface area contributed by atoms with Gasteiger partial charge in [0.15, 0.2) is 0 Å². The van der Waals surface area contributed by atoms with Crippen molar-refractivity contribution in [1.29, 1.82) is 0 Å². The van der Waals surface area contributed by atoms with E-state index >= 15 is 0 Å². The van der Waals surface area contributed by atoms with Crippen LogP contribution in [0.15, 0.2) is 0 Å². The van der Waals surface area contributed by atoms with Gasteiger partial charge < -0.3 is 10.4 Å². The van der Waals surface area contributed by atoms with E-state index in [1.807, 2.05) is 0 Å². The highest BCUT2D eigenvalue weighted by molar-refractivity contribution is 7.99. The summed E-state index contributed by atoms with van der Waals surface area (Å²) in [6.07, 6.45) is 0. The Bertz CT molecular complexity index is 189. The van der Waals surface area contributed by atoms with Crippen LogP contribution in [0.4, 0.5) is 0 Å². The highest BCUT2D eigenvalue weighted by Crippen LogP contribution is 2.03. The number of amides is 1. The first-order chi connectivity index (χ1) is 6.07. The minimum Gasteiger partial charge on any atom is -0.480 e. The van der Waals surface area contributed by atoms with E-state index in [0.717, 1.165) is 0 Å². The lowest BCUT2D eigenvalue weighted by Crippen LogP contribution is -2.41. The van der Waals surface area contributed by atoms with Crippen molar-refractivity contribution in [1.82, 2.24) is 5.32 Å². The van der Waals surface area contributed by atoms with Gasteiger partial charge in [-0.15, -0.1) is 11.6 Å². The Morgan fingerprint density at radius 3 is 2.62 bits per heavy atom. The minimum absolute atomic E-state index is 0.334. The van der Waals surface area contributed by atoms with Crippen molar-refractivity contribution in [2.24, 2.45) is 0 Å². The van der Waals surface area contributed by atoms with Crippen LogP contribution in [0.3, 0.4) is 0 Å². The van der Waals surface area contributed by atoms with Gasteiger partial charge in [-0.3, -0.25) is 4.79 Å². The van der Waals surface area contributed by atoms with Crippen LogP contribution in [0.5, 0.6) is 0 Å². The second-order valence-corrected chi connectivity index (χ2v) is 3.88. The highest BCUT2D eigenvalue weighted by Gasteiger charge is 2.17. The van der Waals surface area contributed by atoms with E-state index < -0.39 is 12.0 Å². The Labute approximate surface area is 86.0 Å². The first-order valence-electron chi connectivity index (χ1n) is 3.71. The Balaban J connectivity index is 3.81. The van der Waals surface area contributed by atoms with Gasteiger partial charge in [-0.05, 0) is 0 Å². The molecule has 0 aromatic heterocycles. The van der Waals surface area contributed by atoms with Gasteiger partial charge in [0, 0.05) is 24.3 Å². The van der Waals surface area contributed by atoms with E-state index in [-0.39, 0.29) is 5.91 Å². The number of carbonyl (C=O) groups excluding carboxylic acids is 1. The number of hydrogen-bond donors (Lipinski definition) is 2. The summed E-state index contributed by atoms with van der Waals surface area (Å²) >= 11 is 6.82. The van der Waals surface area contributed by atoms with E-state index in [0.29, 0.717) is 17.4 Å². The molecule has 0 rings (SSSR count). The number of rotatable bonds is 6. The number of carbonyl (C=O) groups is 2. The molecule has 0 unspecified atom stereocenters. The molecular weight excluding hydrogens is 214 g/mol. The fraction of sp³-hybridized carbons (Fsp3) is 0.714. The predicted octanol–water partition coefficient (Wildman–Crippen LogP) is 0.548. The molecule has 0 saturated carbocycles. The van der Waals surface area contributed by atoms with E-state index in [4.69, 9.17) is 16.7 Å². The van der Waals surface area contributed by atoms with Gasteiger partial charge in [0.05, 0.1) is 0 Å². The van der Waals surface area contributed by atoms with Crippen molar-refractivity contribution in [2.75, 3.05) is 17.4 Å². The molecule has 0 spiro atoms. The average molecular weight is 226 g/mol. The van der Waals surface area contributed by atoms with Crippen molar-refractivity contribution < 1.29 is 14.7 Å². The molecule has 0 heterocycles. The number of carboxylic acids is 1. The van der Waals surface area contributed by atoms with Gasteiger partial charge >= 0.3 is 5.97 Å². The molecule has 0 bridgehead atoms. The summed E-state index contributed by atoms with van der Waals surface area (Å²) in [5, 5.41) is 11.0. The zero-order chi connectivity index (χ0) is 10.3. The lowest BCUT2D eigenvalue weighted by molar-refractivity contribution is -0.140. The molecule has 0 radical (unpaired) electrons. The SMILES string of the molecule is CC(=O)N[C@@H](CSCCCl)C(=O)O. The largest absolute Gasteiger partial charge is 0.480 e. The molecular formula is C7H12ClNO3S. The third kappa shape index (κ3) is 6.72. The van der Waals surface area contributed by atoms with E-state index in [9.17, 15) is 9.59 Å². The number of hydrogen-bond acceptors (Lipinski definition) is 3. The number of thioether (sulfide) groups is 1. The monoisotopic (exact) mass is 225 g/mol. The summed E-state index contributed by atoms with van der Waals surface area (Å²) in [6, 6.07) is -0.814. The normalized spacial score (nSPS) is 12.2. The van der Waals surface area contributed by atoms with Crippen LogP contribution in [0, 0.1) is 0 Å². The molecule has 0 aliphatic carbocycles. The molecule has 0 aliphatic heterocycles. The van der Waals surface area contributed by atoms with E-state index in [1.54, 1.807) is 0 Å². The van der Waals surface area contributed by atoms with E-state index in [2.05, 4.69) is 5.32 Å². The van der Waals surface area contributed by atoms with Crippen molar-refractivity contribution in [2.45, 2.75) is 13.0 Å². The molecule has 0 aromatic carbocycles. The van der Waals surface area contributed by atoms with Crippen molar-refractivity contribution in [3.05, 3.63) is 0 Å². The second kappa shape index (κ2) is 7.03. The molecule has 13 heavy (non-hydrogen) atoms. The van der Waals surface area contributed by atoms with Gasteiger partial charge in [0.2, 0.25) is 5.91 Å². The quantitative estimate of drug-likeness (QED) is 0.512. The lowest BCUT2D eigenvalue weighted by Gasteiger charge is -2.11. The first kappa shape index (κ1) is 12.6. The Kier molecular flexibility index (Phi) is 6.80. The summed E-state index contributed by atoms with van der Waals surface area (Å²) in [4.78, 5) is 21.1. The van der Waals surface area contributed by atoms with Gasteiger partial charge in [0.25, 0.3) is 0 Å². The molecule has 2 N–H and O–H groups in total. The van der Waals surface area contributed by atoms with Crippen LogP contribution < -0.4 is 5.32 Å². The molecule has 6 heteroatoms. The summed E-state index contributed by atoms with van der Waals surface area (Å²) < 4.78 is 0. The van der Waals surface area contributed by atoms with Crippen molar-refractivity contribution in [3.8, 4) is 0 Å². The minimum atomic E-state index is -1.02. The van der Waals surface area contributed by atoms with Crippen LogP contribution in [0.2, 0.25) is 0 Å². The maximum atomic E-state index is 10.6. The standard InChI is InChI=1S/C7H12ClNO3S/c1-5(10)9-6(7(11)12)4-13-3-2-8/h6H,2-4H2,1H3,(H,9,10)(H,11,12)/t6-/m0/s1. The van der Waals surface area contributed by atoms with Crippen molar-refractivity contribution in [3.63, 3.8) is 0 Å². The summed E-state index contributed by atoms with van der Waals surface area (Å²) in [7, 11) is 0. The molecule has 0 saturated heterocycles. The highest BCUT2D eigenvalue weighted by atomic mass is 35.5. The fourth-order valence-electron chi connectivity index (χ4n) is 0.676. The molecule has 0 aliphatic rings. The Hall–Kier alpha value is -0.420. The molecule has 4 nitrogen and oxygen atoms in total. The van der Waals surface area contributed by atoms with Crippen LogP contribution >= 0.6 is 23.4 Å². The number of alkyl halides is 1. The fourth-order valence-corrected chi connectivity index (χ4v) is 1.74. The molecule has 76 valence electrons. The van der Waals surface area contributed by atoms with Crippen molar-refractivity contribution >= 4 is 35.2 Å². The van der Waals surface area contributed by atoms with Crippen LogP contribution in [-0.4, -0.2) is 40.4 Å². The third-order valence-corrected chi connectivity index (χ3v) is 2.66. The molecule has 0 fully saturated rings. The Morgan fingerprint density at radius 1 is 1.62 bits per heavy atom. The number of nitrogens with one attached hydrogen (secondary N) is 1. The van der Waals surface area contributed by atoms with Crippen LogP contribution in [0.25, 0.3) is 0 Å².